The summed E-state index contributed by atoms with van der Waals surface area (Å²) < 4.78 is 30.0. The lowest BCUT2D eigenvalue weighted by Gasteiger charge is -2.19. The van der Waals surface area contributed by atoms with E-state index in [1.165, 1.54) is 6.33 Å². The molecule has 2 rings (SSSR count). The van der Waals surface area contributed by atoms with Crippen molar-refractivity contribution in [1.29, 1.82) is 0 Å². The van der Waals surface area contributed by atoms with Crippen molar-refractivity contribution in [2.24, 2.45) is 0 Å². The summed E-state index contributed by atoms with van der Waals surface area (Å²) in [5, 5.41) is 0.305. The SMILES string of the molecule is CCOP(=O)(COC[C@@H](C)n1cnc2c(Cl)ncnc21)OCC. The first kappa shape index (κ1) is 18.3. The molecule has 0 aromatic carbocycles. The van der Waals surface area contributed by atoms with Gasteiger partial charge in [-0.05, 0) is 20.8 Å². The molecule has 0 aliphatic heterocycles. The predicted octanol–water partition coefficient (Wildman–Crippen LogP) is 3.28. The quantitative estimate of drug-likeness (QED) is 0.499. The molecule has 0 amide bonds. The molecule has 1 atom stereocenters. The Morgan fingerprint density at radius 3 is 2.61 bits per heavy atom. The van der Waals surface area contributed by atoms with E-state index in [4.69, 9.17) is 25.4 Å². The molecule has 0 bridgehead atoms. The maximum atomic E-state index is 12.3. The minimum atomic E-state index is -3.20. The summed E-state index contributed by atoms with van der Waals surface area (Å²) in [7, 11) is -3.20. The van der Waals surface area contributed by atoms with Gasteiger partial charge in [-0.3, -0.25) is 4.57 Å². The third kappa shape index (κ3) is 4.49. The molecule has 0 unspecified atom stereocenters. The summed E-state index contributed by atoms with van der Waals surface area (Å²) in [6.07, 6.45) is 2.92. The summed E-state index contributed by atoms with van der Waals surface area (Å²) in [6.45, 7) is 6.36. The summed E-state index contributed by atoms with van der Waals surface area (Å²) in [6, 6.07) is -0.0809. The molecule has 0 saturated carbocycles. The second-order valence-corrected chi connectivity index (χ2v) is 7.14. The van der Waals surface area contributed by atoms with Crippen molar-refractivity contribution in [2.75, 3.05) is 26.2 Å². The Morgan fingerprint density at radius 1 is 1.26 bits per heavy atom. The van der Waals surface area contributed by atoms with Crippen LogP contribution in [-0.4, -0.2) is 45.7 Å². The van der Waals surface area contributed by atoms with Gasteiger partial charge < -0.3 is 18.4 Å². The predicted molar refractivity (Wildman–Crippen MR) is 86.7 cm³/mol. The van der Waals surface area contributed by atoms with Crippen LogP contribution in [0.4, 0.5) is 0 Å². The van der Waals surface area contributed by atoms with Crippen molar-refractivity contribution in [3.63, 3.8) is 0 Å². The monoisotopic (exact) mass is 362 g/mol. The molecule has 8 nitrogen and oxygen atoms in total. The maximum Gasteiger partial charge on any atom is 0.356 e. The van der Waals surface area contributed by atoms with Gasteiger partial charge in [0.2, 0.25) is 0 Å². The van der Waals surface area contributed by atoms with Crippen LogP contribution in [0.2, 0.25) is 5.15 Å². The first-order valence-electron chi connectivity index (χ1n) is 7.29. The van der Waals surface area contributed by atoms with Crippen molar-refractivity contribution in [1.82, 2.24) is 19.5 Å². The van der Waals surface area contributed by atoms with Crippen molar-refractivity contribution >= 4 is 30.4 Å². The van der Waals surface area contributed by atoms with Crippen LogP contribution in [0.5, 0.6) is 0 Å². The third-order valence-electron chi connectivity index (χ3n) is 3.05. The average Bonchev–Trinajstić information content (AvgIpc) is 2.93. The van der Waals surface area contributed by atoms with E-state index in [-0.39, 0.29) is 12.4 Å². The molecule has 0 fully saturated rings. The fraction of sp³-hybridized carbons (Fsp3) is 0.615. The highest BCUT2D eigenvalue weighted by Gasteiger charge is 2.24. The highest BCUT2D eigenvalue weighted by Crippen LogP contribution is 2.47. The molecule has 2 aromatic heterocycles. The highest BCUT2D eigenvalue weighted by atomic mass is 35.5. The molecule has 0 saturated heterocycles. The maximum absolute atomic E-state index is 12.3. The smallest absolute Gasteiger partial charge is 0.356 e. The van der Waals surface area contributed by atoms with Crippen LogP contribution in [0.15, 0.2) is 12.7 Å². The molecule has 0 spiro atoms. The molecule has 0 aliphatic rings. The standard InChI is InChI=1S/C13H20ClN4O4P/c1-4-21-23(19,22-5-2)9-20-6-10(3)18-8-17-11-12(14)15-7-16-13(11)18/h7-8,10H,4-6,9H2,1-3H3/t10-/m1/s1. The molecular weight excluding hydrogens is 343 g/mol. The van der Waals surface area contributed by atoms with Crippen molar-refractivity contribution < 1.29 is 18.3 Å². The van der Waals surface area contributed by atoms with Gasteiger partial charge in [-0.2, -0.15) is 0 Å². The van der Waals surface area contributed by atoms with Gasteiger partial charge in [-0.25, -0.2) is 15.0 Å². The molecule has 0 radical (unpaired) electrons. The lowest BCUT2D eigenvalue weighted by Crippen LogP contribution is -2.13. The number of imidazole rings is 1. The van der Waals surface area contributed by atoms with Crippen molar-refractivity contribution in [2.45, 2.75) is 26.8 Å². The number of nitrogens with zero attached hydrogens (tertiary/aromatic N) is 4. The molecule has 0 N–H and O–H groups in total. The van der Waals surface area contributed by atoms with Gasteiger partial charge in [0.1, 0.15) is 18.2 Å². The Kier molecular flexibility index (Phi) is 6.50. The van der Waals surface area contributed by atoms with Gasteiger partial charge in [-0.1, -0.05) is 11.6 Å². The largest absolute Gasteiger partial charge is 0.367 e. The molecule has 23 heavy (non-hydrogen) atoms. The minimum Gasteiger partial charge on any atom is -0.367 e. The molecule has 128 valence electrons. The van der Waals surface area contributed by atoms with E-state index in [1.807, 2.05) is 11.5 Å². The van der Waals surface area contributed by atoms with E-state index in [2.05, 4.69) is 15.0 Å². The third-order valence-corrected chi connectivity index (χ3v) is 5.13. The summed E-state index contributed by atoms with van der Waals surface area (Å²) in [5.41, 5.74) is 1.16. The zero-order valence-corrected chi connectivity index (χ0v) is 15.0. The minimum absolute atomic E-state index is 0.0809. The van der Waals surface area contributed by atoms with Crippen LogP contribution >= 0.6 is 19.2 Å². The molecular formula is C13H20ClN4O4P. The molecule has 2 heterocycles. The first-order valence-corrected chi connectivity index (χ1v) is 9.40. The Labute approximate surface area is 139 Å². The van der Waals surface area contributed by atoms with Gasteiger partial charge in [0.15, 0.2) is 10.8 Å². The second-order valence-electron chi connectivity index (χ2n) is 4.78. The number of halogens is 1. The molecule has 0 aliphatic carbocycles. The first-order chi connectivity index (χ1) is 11.0. The summed E-state index contributed by atoms with van der Waals surface area (Å²) >= 11 is 5.98. The van der Waals surface area contributed by atoms with Crippen LogP contribution in [0, 0.1) is 0 Å². The fourth-order valence-electron chi connectivity index (χ4n) is 2.07. The van der Waals surface area contributed by atoms with Crippen LogP contribution in [0.25, 0.3) is 11.2 Å². The van der Waals surface area contributed by atoms with E-state index in [9.17, 15) is 4.57 Å². The number of ether oxygens (including phenoxy) is 1. The zero-order valence-electron chi connectivity index (χ0n) is 13.3. The van der Waals surface area contributed by atoms with Gasteiger partial charge in [-0.15, -0.1) is 0 Å². The topological polar surface area (TPSA) is 88.4 Å². The van der Waals surface area contributed by atoms with Crippen LogP contribution < -0.4 is 0 Å². The van der Waals surface area contributed by atoms with Gasteiger partial charge in [0.25, 0.3) is 0 Å². The summed E-state index contributed by atoms with van der Waals surface area (Å²) in [4.78, 5) is 12.3. The lowest BCUT2D eigenvalue weighted by atomic mass is 10.3. The Morgan fingerprint density at radius 2 is 1.96 bits per heavy atom. The number of fused-ring (bicyclic) bond motifs is 1. The van der Waals surface area contributed by atoms with E-state index >= 15 is 0 Å². The fourth-order valence-corrected chi connectivity index (χ4v) is 3.58. The Bertz CT molecular complexity index is 686. The normalized spacial score (nSPS) is 13.6. The lowest BCUT2D eigenvalue weighted by molar-refractivity contribution is 0.113. The second kappa shape index (κ2) is 8.17. The average molecular weight is 363 g/mol. The van der Waals surface area contributed by atoms with E-state index in [1.54, 1.807) is 20.2 Å². The van der Waals surface area contributed by atoms with E-state index in [0.29, 0.717) is 36.1 Å². The zero-order chi connectivity index (χ0) is 16.9. The number of hydrogen-bond acceptors (Lipinski definition) is 7. The molecule has 10 heteroatoms. The highest BCUT2D eigenvalue weighted by molar-refractivity contribution is 7.53. The molecule has 2 aromatic rings. The van der Waals surface area contributed by atoms with Gasteiger partial charge >= 0.3 is 7.60 Å². The summed E-state index contributed by atoms with van der Waals surface area (Å²) in [5.74, 6) is 0. The Balaban J connectivity index is 2.00. The number of hydrogen-bond donors (Lipinski definition) is 0. The Hall–Kier alpha value is -1.05. The van der Waals surface area contributed by atoms with Gasteiger partial charge in [0.05, 0.1) is 32.2 Å². The van der Waals surface area contributed by atoms with Gasteiger partial charge in [0, 0.05) is 0 Å². The van der Waals surface area contributed by atoms with E-state index in [0.717, 1.165) is 0 Å². The van der Waals surface area contributed by atoms with Crippen LogP contribution in [0.3, 0.4) is 0 Å². The number of rotatable bonds is 9. The van der Waals surface area contributed by atoms with E-state index < -0.39 is 7.60 Å². The van der Waals surface area contributed by atoms with Crippen LogP contribution in [0.1, 0.15) is 26.8 Å². The van der Waals surface area contributed by atoms with Crippen LogP contribution in [-0.2, 0) is 18.3 Å². The van der Waals surface area contributed by atoms with Crippen molar-refractivity contribution in [3.05, 3.63) is 17.8 Å². The number of aromatic nitrogens is 4. The van der Waals surface area contributed by atoms with Crippen molar-refractivity contribution in [3.8, 4) is 0 Å².